The Hall–Kier alpha value is -1.66. The van der Waals surface area contributed by atoms with E-state index in [1.807, 2.05) is 18.5 Å². The number of hydrogen-bond acceptors (Lipinski definition) is 4. The van der Waals surface area contributed by atoms with Gasteiger partial charge in [-0.1, -0.05) is 0 Å². The second-order valence-electron chi connectivity index (χ2n) is 3.24. The highest BCUT2D eigenvalue weighted by Gasteiger charge is 2.20. The van der Waals surface area contributed by atoms with Crippen LogP contribution in [0.5, 0.6) is 0 Å². The molecule has 5 nitrogen and oxygen atoms in total. The molecule has 16 heavy (non-hydrogen) atoms. The molecule has 1 unspecified atom stereocenters. The van der Waals surface area contributed by atoms with Crippen molar-refractivity contribution in [2.45, 2.75) is 6.04 Å². The maximum atomic E-state index is 10.9. The monoisotopic (exact) mass is 237 g/mol. The molecule has 1 atom stereocenters. The predicted octanol–water partition coefficient (Wildman–Crippen LogP) is 1.48. The molecule has 0 amide bonds. The summed E-state index contributed by atoms with van der Waals surface area (Å²) >= 11 is 1.43. The molecule has 6 heteroatoms. The molecule has 2 rings (SSSR count). The standard InChI is InChI=1S/C10H11N3O2S/c1-11-8(10(14)15)7-5-16-9(13-7)6-2-3-12-4-6/h2-5,8,11-12H,1H3,(H,14,15). The van der Waals surface area contributed by atoms with Gasteiger partial charge in [0.05, 0.1) is 5.69 Å². The molecule has 0 saturated carbocycles. The number of hydrogen-bond donors (Lipinski definition) is 3. The summed E-state index contributed by atoms with van der Waals surface area (Å²) in [6.07, 6.45) is 3.64. The highest BCUT2D eigenvalue weighted by Crippen LogP contribution is 2.25. The highest BCUT2D eigenvalue weighted by molar-refractivity contribution is 7.13. The van der Waals surface area contributed by atoms with Crippen LogP contribution in [-0.4, -0.2) is 28.1 Å². The number of H-pyrrole nitrogens is 1. The summed E-state index contributed by atoms with van der Waals surface area (Å²) in [5.41, 5.74) is 1.51. The molecular formula is C10H11N3O2S. The fourth-order valence-electron chi connectivity index (χ4n) is 1.41. The average Bonchev–Trinajstić information content (AvgIpc) is 2.86. The third-order valence-electron chi connectivity index (χ3n) is 2.20. The normalized spacial score (nSPS) is 12.6. The van der Waals surface area contributed by atoms with E-state index in [4.69, 9.17) is 5.11 Å². The Bertz CT molecular complexity index is 478. The smallest absolute Gasteiger partial charge is 0.327 e. The van der Waals surface area contributed by atoms with Crippen LogP contribution < -0.4 is 5.32 Å². The summed E-state index contributed by atoms with van der Waals surface area (Å²) in [4.78, 5) is 18.2. The zero-order valence-corrected chi connectivity index (χ0v) is 9.41. The number of thiazole rings is 1. The minimum Gasteiger partial charge on any atom is -0.480 e. The lowest BCUT2D eigenvalue weighted by Crippen LogP contribution is -2.25. The van der Waals surface area contributed by atoms with Gasteiger partial charge in [0.2, 0.25) is 0 Å². The molecule has 2 aromatic rings. The van der Waals surface area contributed by atoms with E-state index in [2.05, 4.69) is 15.3 Å². The molecule has 3 N–H and O–H groups in total. The van der Waals surface area contributed by atoms with E-state index in [0.29, 0.717) is 5.69 Å². The lowest BCUT2D eigenvalue weighted by atomic mass is 10.2. The van der Waals surface area contributed by atoms with Gasteiger partial charge in [0.15, 0.2) is 0 Å². The predicted molar refractivity (Wildman–Crippen MR) is 61.3 cm³/mol. The van der Waals surface area contributed by atoms with Gasteiger partial charge in [-0.15, -0.1) is 11.3 Å². The number of aromatic amines is 1. The van der Waals surface area contributed by atoms with Crippen molar-refractivity contribution in [1.82, 2.24) is 15.3 Å². The van der Waals surface area contributed by atoms with Crippen molar-refractivity contribution in [3.05, 3.63) is 29.5 Å². The van der Waals surface area contributed by atoms with Gasteiger partial charge in [0.25, 0.3) is 0 Å². The average molecular weight is 237 g/mol. The molecule has 2 heterocycles. The van der Waals surface area contributed by atoms with Crippen LogP contribution in [0.4, 0.5) is 0 Å². The van der Waals surface area contributed by atoms with Crippen LogP contribution in [0, 0.1) is 0 Å². The van der Waals surface area contributed by atoms with Crippen molar-refractivity contribution >= 4 is 17.3 Å². The van der Waals surface area contributed by atoms with Crippen molar-refractivity contribution in [3.8, 4) is 10.6 Å². The van der Waals surface area contributed by atoms with Gasteiger partial charge in [-0.05, 0) is 13.1 Å². The number of nitrogens with one attached hydrogen (secondary N) is 2. The van der Waals surface area contributed by atoms with E-state index in [1.165, 1.54) is 11.3 Å². The van der Waals surface area contributed by atoms with Gasteiger partial charge >= 0.3 is 5.97 Å². The molecule has 2 aromatic heterocycles. The number of aromatic nitrogens is 2. The van der Waals surface area contributed by atoms with Crippen LogP contribution in [0.25, 0.3) is 10.6 Å². The molecule has 0 radical (unpaired) electrons. The van der Waals surface area contributed by atoms with Crippen molar-refractivity contribution < 1.29 is 9.90 Å². The molecule has 0 fully saturated rings. The van der Waals surface area contributed by atoms with E-state index in [-0.39, 0.29) is 0 Å². The van der Waals surface area contributed by atoms with Crippen molar-refractivity contribution in [1.29, 1.82) is 0 Å². The summed E-state index contributed by atoms with van der Waals surface area (Å²) in [5, 5.41) is 14.3. The number of aliphatic carboxylic acids is 1. The highest BCUT2D eigenvalue weighted by atomic mass is 32.1. The first-order valence-corrected chi connectivity index (χ1v) is 5.59. The largest absolute Gasteiger partial charge is 0.480 e. The van der Waals surface area contributed by atoms with Crippen LogP contribution in [0.2, 0.25) is 0 Å². The minimum absolute atomic E-state index is 0.538. The number of carboxylic acid groups (broad SMARTS) is 1. The van der Waals surface area contributed by atoms with Crippen LogP contribution in [0.3, 0.4) is 0 Å². The first kappa shape index (κ1) is 10.8. The number of likely N-dealkylation sites (N-methyl/N-ethyl adjacent to an activating group) is 1. The second kappa shape index (κ2) is 4.46. The molecule has 0 aliphatic carbocycles. The second-order valence-corrected chi connectivity index (χ2v) is 4.10. The Balaban J connectivity index is 2.29. The van der Waals surface area contributed by atoms with Crippen LogP contribution in [0.1, 0.15) is 11.7 Å². The maximum absolute atomic E-state index is 10.9. The van der Waals surface area contributed by atoms with Gasteiger partial charge < -0.3 is 15.4 Å². The van der Waals surface area contributed by atoms with Crippen molar-refractivity contribution in [2.24, 2.45) is 0 Å². The maximum Gasteiger partial charge on any atom is 0.327 e. The quantitative estimate of drug-likeness (QED) is 0.752. The van der Waals surface area contributed by atoms with Gasteiger partial charge in [-0.3, -0.25) is 4.79 Å². The Morgan fingerprint density at radius 2 is 2.50 bits per heavy atom. The summed E-state index contributed by atoms with van der Waals surface area (Å²) in [6, 6.07) is 1.15. The zero-order chi connectivity index (χ0) is 11.5. The lowest BCUT2D eigenvalue weighted by Gasteiger charge is -2.06. The van der Waals surface area contributed by atoms with Gasteiger partial charge in [0, 0.05) is 23.3 Å². The number of carboxylic acids is 1. The SMILES string of the molecule is CNC(C(=O)O)c1csc(-c2cc[nH]c2)n1. The van der Waals surface area contributed by atoms with E-state index >= 15 is 0 Å². The van der Waals surface area contributed by atoms with E-state index in [0.717, 1.165) is 10.6 Å². The summed E-state index contributed by atoms with van der Waals surface area (Å²) in [6.45, 7) is 0. The molecule has 0 aliphatic heterocycles. The molecule has 84 valence electrons. The van der Waals surface area contributed by atoms with Gasteiger partial charge in [0.1, 0.15) is 11.0 Å². The van der Waals surface area contributed by atoms with Crippen LogP contribution >= 0.6 is 11.3 Å². The zero-order valence-electron chi connectivity index (χ0n) is 8.60. The third-order valence-corrected chi connectivity index (χ3v) is 3.11. The summed E-state index contributed by atoms with van der Waals surface area (Å²) in [5.74, 6) is -0.923. The number of carbonyl (C=O) groups is 1. The topological polar surface area (TPSA) is 78.0 Å². The first-order valence-electron chi connectivity index (χ1n) is 4.71. The summed E-state index contributed by atoms with van der Waals surface area (Å²) in [7, 11) is 1.61. The third kappa shape index (κ3) is 1.98. The number of rotatable bonds is 4. The Labute approximate surface area is 96.2 Å². The van der Waals surface area contributed by atoms with E-state index in [1.54, 1.807) is 12.4 Å². The van der Waals surface area contributed by atoms with Gasteiger partial charge in [-0.25, -0.2) is 4.98 Å². The molecule has 0 aliphatic rings. The molecule has 0 aromatic carbocycles. The Kier molecular flexibility index (Phi) is 3.02. The fourth-order valence-corrected chi connectivity index (χ4v) is 2.25. The fraction of sp³-hybridized carbons (Fsp3) is 0.200. The van der Waals surface area contributed by atoms with E-state index in [9.17, 15) is 4.79 Å². The first-order chi connectivity index (χ1) is 7.72. The van der Waals surface area contributed by atoms with E-state index < -0.39 is 12.0 Å². The molecule has 0 spiro atoms. The van der Waals surface area contributed by atoms with Gasteiger partial charge in [-0.2, -0.15) is 0 Å². The lowest BCUT2D eigenvalue weighted by molar-refractivity contribution is -0.139. The van der Waals surface area contributed by atoms with Crippen molar-refractivity contribution in [3.63, 3.8) is 0 Å². The molecule has 0 bridgehead atoms. The Morgan fingerprint density at radius 3 is 3.06 bits per heavy atom. The molecular weight excluding hydrogens is 226 g/mol. The Morgan fingerprint density at radius 1 is 1.69 bits per heavy atom. The number of nitrogens with zero attached hydrogens (tertiary/aromatic N) is 1. The van der Waals surface area contributed by atoms with Crippen molar-refractivity contribution in [2.75, 3.05) is 7.05 Å². The molecule has 0 saturated heterocycles. The van der Waals surface area contributed by atoms with Crippen LogP contribution in [-0.2, 0) is 4.79 Å². The summed E-state index contributed by atoms with van der Waals surface area (Å²) < 4.78 is 0. The minimum atomic E-state index is -0.923. The van der Waals surface area contributed by atoms with Crippen LogP contribution in [0.15, 0.2) is 23.8 Å².